The minimum atomic E-state index is -4.00. The smallest absolute Gasteiger partial charge is 0.264 e. The van der Waals surface area contributed by atoms with E-state index in [1.165, 1.54) is 25.6 Å². The van der Waals surface area contributed by atoms with Crippen LogP contribution in [0, 0.1) is 6.92 Å². The lowest BCUT2D eigenvalue weighted by atomic mass is 10.1. The van der Waals surface area contributed by atoms with Crippen molar-refractivity contribution in [1.82, 2.24) is 5.32 Å². The fraction of sp³-hybridized carbons (Fsp3) is 0.321. The number of carbonyl (C=O) groups excluding carboxylic acids is 1. The van der Waals surface area contributed by atoms with Gasteiger partial charge in [-0.3, -0.25) is 9.10 Å². The number of amides is 1. The molecule has 0 aliphatic carbocycles. The number of hydrogen-bond donors (Lipinski definition) is 1. The molecule has 0 bridgehead atoms. The Kier molecular flexibility index (Phi) is 7.84. The van der Waals surface area contributed by atoms with E-state index in [4.69, 9.17) is 4.74 Å². The molecule has 1 amide bonds. The Hall–Kier alpha value is -3.52. The van der Waals surface area contributed by atoms with Crippen LogP contribution in [0.15, 0.2) is 77.7 Å². The third kappa shape index (κ3) is 5.82. The second-order valence-electron chi connectivity index (χ2n) is 9.10. The molecule has 3 aromatic carbocycles. The van der Waals surface area contributed by atoms with Crippen molar-refractivity contribution in [1.29, 1.82) is 0 Å². The molecule has 1 saturated heterocycles. The van der Waals surface area contributed by atoms with E-state index < -0.39 is 15.9 Å². The van der Waals surface area contributed by atoms with Gasteiger partial charge in [0.15, 0.2) is 0 Å². The normalized spacial score (nSPS) is 14.4. The Morgan fingerprint density at radius 1 is 1.03 bits per heavy atom. The average Bonchev–Trinajstić information content (AvgIpc) is 3.43. The molecule has 0 aromatic heterocycles. The van der Waals surface area contributed by atoms with Gasteiger partial charge in [-0.1, -0.05) is 35.9 Å². The predicted octanol–water partition coefficient (Wildman–Crippen LogP) is 4.68. The van der Waals surface area contributed by atoms with E-state index in [9.17, 15) is 13.2 Å². The molecule has 36 heavy (non-hydrogen) atoms. The molecule has 8 heteroatoms. The summed E-state index contributed by atoms with van der Waals surface area (Å²) in [5.41, 5.74) is 3.45. The van der Waals surface area contributed by atoms with Crippen molar-refractivity contribution in [2.75, 3.05) is 35.9 Å². The van der Waals surface area contributed by atoms with Gasteiger partial charge in [-0.2, -0.15) is 0 Å². The van der Waals surface area contributed by atoms with Crippen molar-refractivity contribution in [3.63, 3.8) is 0 Å². The first kappa shape index (κ1) is 25.6. The summed E-state index contributed by atoms with van der Waals surface area (Å²) in [6.07, 6.45) is 2.42. The second-order valence-corrected chi connectivity index (χ2v) is 11.0. The number of methoxy groups -OCH3 is 1. The Bertz CT molecular complexity index is 1290. The average molecular weight is 508 g/mol. The van der Waals surface area contributed by atoms with Gasteiger partial charge >= 0.3 is 0 Å². The lowest BCUT2D eigenvalue weighted by Gasteiger charge is -2.25. The number of sulfonamides is 1. The Balaban J connectivity index is 1.54. The highest BCUT2D eigenvalue weighted by Gasteiger charge is 2.28. The first-order valence-corrected chi connectivity index (χ1v) is 13.6. The molecule has 1 unspecified atom stereocenters. The quantitative estimate of drug-likeness (QED) is 0.455. The van der Waals surface area contributed by atoms with E-state index in [2.05, 4.69) is 22.3 Å². The van der Waals surface area contributed by atoms with E-state index in [1.54, 1.807) is 48.5 Å². The molecule has 3 aromatic rings. The third-order valence-electron chi connectivity index (χ3n) is 6.48. The monoisotopic (exact) mass is 507 g/mol. The van der Waals surface area contributed by atoms with Crippen LogP contribution in [0.2, 0.25) is 0 Å². The van der Waals surface area contributed by atoms with Crippen LogP contribution < -0.4 is 19.3 Å². The van der Waals surface area contributed by atoms with Gasteiger partial charge in [0.1, 0.15) is 12.3 Å². The highest BCUT2D eigenvalue weighted by Crippen LogP contribution is 2.28. The van der Waals surface area contributed by atoms with Crippen LogP contribution in [0.4, 0.5) is 11.4 Å². The summed E-state index contributed by atoms with van der Waals surface area (Å²) < 4.78 is 33.6. The zero-order chi connectivity index (χ0) is 25.7. The van der Waals surface area contributed by atoms with Crippen LogP contribution in [-0.2, 0) is 14.8 Å². The minimum Gasteiger partial charge on any atom is -0.497 e. The van der Waals surface area contributed by atoms with Gasteiger partial charge < -0.3 is 15.0 Å². The lowest BCUT2D eigenvalue weighted by molar-refractivity contribution is -0.120. The van der Waals surface area contributed by atoms with E-state index in [0.29, 0.717) is 11.4 Å². The maximum atomic E-state index is 13.6. The van der Waals surface area contributed by atoms with Crippen LogP contribution in [0.25, 0.3) is 0 Å². The van der Waals surface area contributed by atoms with E-state index in [0.717, 1.165) is 28.5 Å². The first-order valence-electron chi connectivity index (χ1n) is 12.2. The van der Waals surface area contributed by atoms with Gasteiger partial charge in [0.05, 0.1) is 23.7 Å². The van der Waals surface area contributed by atoms with Crippen molar-refractivity contribution in [3.8, 4) is 5.75 Å². The molecule has 0 radical (unpaired) electrons. The number of anilines is 2. The largest absolute Gasteiger partial charge is 0.497 e. The fourth-order valence-electron chi connectivity index (χ4n) is 4.37. The topological polar surface area (TPSA) is 79.0 Å². The van der Waals surface area contributed by atoms with Gasteiger partial charge in [0, 0.05) is 24.8 Å². The molecular formula is C28H33N3O4S. The van der Waals surface area contributed by atoms with Crippen LogP contribution >= 0.6 is 0 Å². The summed E-state index contributed by atoms with van der Waals surface area (Å²) in [6, 6.07) is 21.2. The number of carbonyl (C=O) groups is 1. The summed E-state index contributed by atoms with van der Waals surface area (Å²) in [6.45, 7) is 5.57. The maximum absolute atomic E-state index is 13.6. The number of aryl methyl sites for hydroxylation is 1. The molecule has 1 fully saturated rings. The van der Waals surface area contributed by atoms with Crippen molar-refractivity contribution in [3.05, 3.63) is 83.9 Å². The Labute approximate surface area is 213 Å². The lowest BCUT2D eigenvalue weighted by Crippen LogP contribution is -2.41. The number of nitrogens with one attached hydrogen (secondary N) is 1. The van der Waals surface area contributed by atoms with Crippen LogP contribution in [-0.4, -0.2) is 41.1 Å². The SMILES string of the molecule is COc1cccc(N(CC(=O)NC(C)c2ccc(N3CCCC3)cc2)S(=O)(=O)c2ccc(C)cc2)c1. The minimum absolute atomic E-state index is 0.120. The fourth-order valence-corrected chi connectivity index (χ4v) is 5.78. The standard InChI is InChI=1S/C28H33N3O4S/c1-21-9-15-27(16-10-21)36(33,34)31(25-7-6-8-26(19-25)35-3)20-28(32)29-22(2)23-11-13-24(14-12-23)30-17-4-5-18-30/h6-16,19,22H,4-5,17-18,20H2,1-3H3,(H,29,32). The number of hydrogen-bond acceptors (Lipinski definition) is 5. The molecule has 1 aliphatic rings. The van der Waals surface area contributed by atoms with Crippen molar-refractivity contribution < 1.29 is 17.9 Å². The van der Waals surface area contributed by atoms with Gasteiger partial charge in [-0.05, 0) is 68.7 Å². The number of nitrogens with zero attached hydrogens (tertiary/aromatic N) is 2. The first-order chi connectivity index (χ1) is 17.3. The maximum Gasteiger partial charge on any atom is 0.264 e. The summed E-state index contributed by atoms with van der Waals surface area (Å²) in [5, 5.41) is 2.96. The van der Waals surface area contributed by atoms with E-state index in [-0.39, 0.29) is 17.5 Å². The molecule has 1 aliphatic heterocycles. The molecule has 1 atom stereocenters. The zero-order valence-electron chi connectivity index (χ0n) is 21.0. The molecule has 1 N–H and O–H groups in total. The summed E-state index contributed by atoms with van der Waals surface area (Å²) in [4.78, 5) is 15.6. The van der Waals surface area contributed by atoms with Crippen LogP contribution in [0.1, 0.15) is 36.9 Å². The molecule has 7 nitrogen and oxygen atoms in total. The van der Waals surface area contributed by atoms with Crippen LogP contribution in [0.3, 0.4) is 0 Å². The van der Waals surface area contributed by atoms with Crippen LogP contribution in [0.5, 0.6) is 5.75 Å². The van der Waals surface area contributed by atoms with Crippen molar-refractivity contribution in [2.24, 2.45) is 0 Å². The zero-order valence-corrected chi connectivity index (χ0v) is 21.8. The highest BCUT2D eigenvalue weighted by molar-refractivity contribution is 7.92. The van der Waals surface area contributed by atoms with Crippen molar-refractivity contribution in [2.45, 2.75) is 37.6 Å². The predicted molar refractivity (Wildman–Crippen MR) is 143 cm³/mol. The highest BCUT2D eigenvalue weighted by atomic mass is 32.2. The molecule has 1 heterocycles. The number of rotatable bonds is 9. The van der Waals surface area contributed by atoms with E-state index in [1.807, 2.05) is 26.0 Å². The third-order valence-corrected chi connectivity index (χ3v) is 8.27. The summed E-state index contributed by atoms with van der Waals surface area (Å²) >= 11 is 0. The molecule has 0 saturated carbocycles. The van der Waals surface area contributed by atoms with Gasteiger partial charge in [-0.25, -0.2) is 8.42 Å². The number of ether oxygens (including phenoxy) is 1. The van der Waals surface area contributed by atoms with Crippen molar-refractivity contribution >= 4 is 27.3 Å². The van der Waals surface area contributed by atoms with Gasteiger partial charge in [-0.15, -0.1) is 0 Å². The number of benzene rings is 3. The molecular weight excluding hydrogens is 474 g/mol. The van der Waals surface area contributed by atoms with Gasteiger partial charge in [0.25, 0.3) is 10.0 Å². The Morgan fingerprint density at radius 3 is 2.33 bits per heavy atom. The summed E-state index contributed by atoms with van der Waals surface area (Å²) in [7, 11) is -2.48. The summed E-state index contributed by atoms with van der Waals surface area (Å²) in [5.74, 6) is 0.105. The van der Waals surface area contributed by atoms with Gasteiger partial charge in [0.2, 0.25) is 5.91 Å². The Morgan fingerprint density at radius 2 is 1.69 bits per heavy atom. The van der Waals surface area contributed by atoms with E-state index >= 15 is 0 Å². The second kappa shape index (κ2) is 11.0. The molecule has 4 rings (SSSR count). The molecule has 190 valence electrons. The molecule has 0 spiro atoms.